The molecule has 10 nitrogen and oxygen atoms in total. The van der Waals surface area contributed by atoms with Gasteiger partial charge < -0.3 is 42.9 Å². The molecule has 2 fully saturated rings. The molecule has 2 aliphatic rings. The standard InChI is InChI=1S/C21H40O10P2S4/c1-19(2)11-28-32(34,29-12-19)36-7-5-17(24)26-15-21(9-22,10-23)16-27-18(25)6-8-37-33(35)30-13-20(3,4)14-31-33/h17,22-24H,5-16H2,1-4H3. The van der Waals surface area contributed by atoms with Crippen molar-refractivity contribution in [1.29, 1.82) is 0 Å². The van der Waals surface area contributed by atoms with Crippen LogP contribution < -0.4 is 0 Å². The van der Waals surface area contributed by atoms with E-state index >= 15 is 0 Å². The summed E-state index contributed by atoms with van der Waals surface area (Å²) in [5, 5.41) is 29.9. The molecule has 0 aliphatic carbocycles. The average molecular weight is 643 g/mol. The first-order chi connectivity index (χ1) is 17.2. The molecule has 3 N–H and O–H groups in total. The Morgan fingerprint density at radius 2 is 1.38 bits per heavy atom. The van der Waals surface area contributed by atoms with Crippen molar-refractivity contribution < 1.29 is 47.7 Å². The van der Waals surface area contributed by atoms with Crippen molar-refractivity contribution in [2.45, 2.75) is 46.8 Å². The first-order valence-corrected chi connectivity index (χ1v) is 20.4. The summed E-state index contributed by atoms with van der Waals surface area (Å²) in [6, 6.07) is 0. The molecular formula is C21H40O10P2S4. The Morgan fingerprint density at radius 1 is 0.919 bits per heavy atom. The van der Waals surface area contributed by atoms with Gasteiger partial charge in [-0.3, -0.25) is 4.79 Å². The minimum atomic E-state index is -2.47. The lowest BCUT2D eigenvalue weighted by molar-refractivity contribution is -0.166. The molecule has 0 saturated carbocycles. The van der Waals surface area contributed by atoms with Crippen LogP contribution in [0.3, 0.4) is 0 Å². The molecule has 1 unspecified atom stereocenters. The number of carbonyl (C=O) groups excluding carboxylic acids is 1. The van der Waals surface area contributed by atoms with Crippen molar-refractivity contribution in [2.75, 3.05) is 64.4 Å². The van der Waals surface area contributed by atoms with Crippen molar-refractivity contribution in [3.8, 4) is 0 Å². The van der Waals surface area contributed by atoms with Crippen molar-refractivity contribution in [3.63, 3.8) is 0 Å². The maximum absolute atomic E-state index is 12.2. The van der Waals surface area contributed by atoms with Crippen LogP contribution in [0.4, 0.5) is 0 Å². The quantitative estimate of drug-likeness (QED) is 0.136. The second-order valence-electron chi connectivity index (χ2n) is 10.8. The normalized spacial score (nSPS) is 23.3. The maximum Gasteiger partial charge on any atom is 0.306 e. The van der Waals surface area contributed by atoms with Gasteiger partial charge in [0.1, 0.15) is 6.61 Å². The zero-order valence-electron chi connectivity index (χ0n) is 21.8. The minimum absolute atomic E-state index is 0.0695. The van der Waals surface area contributed by atoms with E-state index in [1.807, 2.05) is 27.7 Å². The van der Waals surface area contributed by atoms with Gasteiger partial charge in [0, 0.05) is 28.8 Å². The fraction of sp³-hybridized carbons (Fsp3) is 0.952. The van der Waals surface area contributed by atoms with E-state index in [1.165, 1.54) is 22.8 Å². The van der Waals surface area contributed by atoms with Gasteiger partial charge in [-0.2, -0.15) is 0 Å². The maximum atomic E-state index is 12.2. The van der Waals surface area contributed by atoms with E-state index in [2.05, 4.69) is 0 Å². The predicted octanol–water partition coefficient (Wildman–Crippen LogP) is 3.68. The van der Waals surface area contributed by atoms with Crippen LogP contribution in [-0.2, 0) is 56.0 Å². The molecule has 1 atom stereocenters. The van der Waals surface area contributed by atoms with Gasteiger partial charge in [-0.25, -0.2) is 0 Å². The van der Waals surface area contributed by atoms with E-state index < -0.39 is 42.3 Å². The zero-order valence-corrected chi connectivity index (χ0v) is 26.8. The lowest BCUT2D eigenvalue weighted by atomic mass is 9.92. The second kappa shape index (κ2) is 14.9. The number of carbonyl (C=O) groups is 1. The molecule has 0 aromatic heterocycles. The molecule has 0 radical (unpaired) electrons. The van der Waals surface area contributed by atoms with Gasteiger partial charge >= 0.3 is 5.97 Å². The van der Waals surface area contributed by atoms with Crippen LogP contribution in [0.15, 0.2) is 0 Å². The molecule has 0 aromatic carbocycles. The number of hydrogen-bond donors (Lipinski definition) is 3. The number of aliphatic hydroxyl groups is 3. The summed E-state index contributed by atoms with van der Waals surface area (Å²) in [5.74, 6) is 0.311. The van der Waals surface area contributed by atoms with Crippen LogP contribution in [0, 0.1) is 16.2 Å². The molecule has 16 heteroatoms. The van der Waals surface area contributed by atoms with Gasteiger partial charge in [0.25, 0.3) is 0 Å². The number of hydrogen-bond acceptors (Lipinski definition) is 14. The Balaban J connectivity index is 1.68. The molecule has 0 aromatic rings. The Hall–Kier alpha value is 1.15. The molecule has 2 heterocycles. The fourth-order valence-corrected chi connectivity index (χ4v) is 11.7. The molecule has 2 aliphatic heterocycles. The lowest BCUT2D eigenvalue weighted by Gasteiger charge is -2.35. The topological polar surface area (TPSA) is 133 Å². The highest BCUT2D eigenvalue weighted by molar-refractivity contribution is 8.68. The molecule has 0 bridgehead atoms. The smallest absolute Gasteiger partial charge is 0.306 e. The van der Waals surface area contributed by atoms with Crippen LogP contribution in [0.5, 0.6) is 0 Å². The summed E-state index contributed by atoms with van der Waals surface area (Å²) >= 11 is 13.6. The third kappa shape index (κ3) is 12.3. The third-order valence-electron chi connectivity index (χ3n) is 5.42. The van der Waals surface area contributed by atoms with Gasteiger partial charge in [-0.15, -0.1) is 0 Å². The second-order valence-corrected chi connectivity index (χ2v) is 23.6. The van der Waals surface area contributed by atoms with E-state index in [-0.39, 0.29) is 36.9 Å². The monoisotopic (exact) mass is 642 g/mol. The largest absolute Gasteiger partial charge is 0.465 e. The van der Waals surface area contributed by atoms with Crippen LogP contribution in [0.1, 0.15) is 40.5 Å². The Kier molecular flexibility index (Phi) is 13.8. The predicted molar refractivity (Wildman–Crippen MR) is 154 cm³/mol. The van der Waals surface area contributed by atoms with Gasteiger partial charge in [0.15, 0.2) is 6.29 Å². The lowest BCUT2D eigenvalue weighted by Crippen LogP contribution is -2.41. The number of aliphatic hydroxyl groups excluding tert-OH is 3. The summed E-state index contributed by atoms with van der Waals surface area (Å²) in [5.41, 5.74) is -6.32. The van der Waals surface area contributed by atoms with E-state index in [0.29, 0.717) is 37.9 Å². The van der Waals surface area contributed by atoms with Crippen molar-refractivity contribution in [2.24, 2.45) is 16.2 Å². The van der Waals surface area contributed by atoms with Gasteiger partial charge in [0.05, 0.1) is 58.1 Å². The van der Waals surface area contributed by atoms with Crippen LogP contribution in [0.25, 0.3) is 0 Å². The first kappa shape index (κ1) is 34.4. The summed E-state index contributed by atoms with van der Waals surface area (Å²) in [7, 11) is 0. The number of esters is 1. The van der Waals surface area contributed by atoms with E-state index in [1.54, 1.807) is 0 Å². The third-order valence-corrected chi connectivity index (χ3v) is 16.1. The highest BCUT2D eigenvalue weighted by Gasteiger charge is 2.36. The summed E-state index contributed by atoms with van der Waals surface area (Å²) in [4.78, 5) is 12.2. The number of ether oxygens (including phenoxy) is 2. The molecule has 2 rings (SSSR count). The van der Waals surface area contributed by atoms with E-state index in [9.17, 15) is 20.1 Å². The van der Waals surface area contributed by atoms with Gasteiger partial charge in [-0.05, 0) is 23.6 Å². The summed E-state index contributed by atoms with van der Waals surface area (Å²) < 4.78 is 33.7. The van der Waals surface area contributed by atoms with Crippen LogP contribution in [-0.4, -0.2) is 91.9 Å². The summed E-state index contributed by atoms with van der Waals surface area (Å²) in [6.07, 6.45) is -0.844. The molecule has 0 amide bonds. The fourth-order valence-electron chi connectivity index (χ4n) is 2.76. The molecule has 2 saturated heterocycles. The van der Waals surface area contributed by atoms with Gasteiger partial charge in [0.2, 0.25) is 11.4 Å². The Labute approximate surface area is 238 Å². The SMILES string of the molecule is CC1(C)COP(=S)(SCCC(=O)OCC(CO)(CO)COC(O)CCSP2(=S)OCC(C)(C)CO2)OC1. The molecule has 218 valence electrons. The van der Waals surface area contributed by atoms with Crippen molar-refractivity contribution in [3.05, 3.63) is 0 Å². The van der Waals surface area contributed by atoms with E-state index in [4.69, 9.17) is 51.2 Å². The van der Waals surface area contributed by atoms with Crippen molar-refractivity contribution in [1.82, 2.24) is 0 Å². The zero-order chi connectivity index (χ0) is 27.8. The van der Waals surface area contributed by atoms with Gasteiger partial charge in [-0.1, -0.05) is 50.5 Å². The first-order valence-electron chi connectivity index (χ1n) is 11.9. The highest BCUT2D eigenvalue weighted by atomic mass is 32.9. The number of rotatable bonds is 15. The minimum Gasteiger partial charge on any atom is -0.465 e. The highest BCUT2D eigenvalue weighted by Crippen LogP contribution is 2.65. The van der Waals surface area contributed by atoms with Crippen LogP contribution >= 0.6 is 34.2 Å². The average Bonchev–Trinajstić information content (AvgIpc) is 2.84. The van der Waals surface area contributed by atoms with Crippen molar-refractivity contribution >= 4 is 63.7 Å². The Morgan fingerprint density at radius 3 is 1.84 bits per heavy atom. The molecule has 0 spiro atoms. The Bertz CT molecular complexity index is 812. The molecule has 37 heavy (non-hydrogen) atoms. The van der Waals surface area contributed by atoms with Crippen LogP contribution in [0.2, 0.25) is 0 Å². The summed E-state index contributed by atoms with van der Waals surface area (Å²) in [6.45, 7) is 8.75. The van der Waals surface area contributed by atoms with E-state index in [0.717, 1.165) is 0 Å². The molecular weight excluding hydrogens is 602 g/mol.